The number of nitrogens with zero attached hydrogens (tertiary/aromatic N) is 1. The van der Waals surface area contributed by atoms with Gasteiger partial charge >= 0.3 is 0 Å². The normalized spacial score (nSPS) is 28.0. The van der Waals surface area contributed by atoms with Gasteiger partial charge in [-0.25, -0.2) is 4.39 Å². The number of rotatable bonds is 6. The first kappa shape index (κ1) is 23.3. The van der Waals surface area contributed by atoms with Crippen molar-refractivity contribution in [1.29, 1.82) is 0 Å². The molecule has 1 aromatic carbocycles. The Bertz CT molecular complexity index is 838. The van der Waals surface area contributed by atoms with Crippen LogP contribution in [0.15, 0.2) is 29.2 Å². The number of halogens is 1. The first-order valence-electron chi connectivity index (χ1n) is 12.0. The summed E-state index contributed by atoms with van der Waals surface area (Å²) >= 11 is 1.52. The predicted octanol–water partition coefficient (Wildman–Crippen LogP) is 3.95. The third kappa shape index (κ3) is 6.13. The number of carbonyl (C=O) groups is 2. The highest BCUT2D eigenvalue weighted by Gasteiger charge is 2.39. The van der Waals surface area contributed by atoms with Crippen LogP contribution >= 0.6 is 11.8 Å². The summed E-state index contributed by atoms with van der Waals surface area (Å²) < 4.78 is 14.0. The standard InChI is InChI=1S/C25H34FN3O2S/c26-20-9-4-3-8-18(20)17-23-25(31)28-21-16-19(10-11-22(21)32-23)24(30)27-12-7-15-29-13-5-1-2-6-14-29/h3-4,8-9,17,19,21-22H,1-2,5-7,10-16H2,(H,27,30)(H,28,31)/b23-17+. The molecule has 5 nitrogen and oxygen atoms in total. The molecule has 1 aromatic rings. The van der Waals surface area contributed by atoms with Crippen molar-refractivity contribution in [2.24, 2.45) is 5.92 Å². The molecule has 0 bridgehead atoms. The maximum atomic E-state index is 14.0. The molecule has 3 unspecified atom stereocenters. The van der Waals surface area contributed by atoms with Crippen LogP contribution in [0, 0.1) is 11.7 Å². The van der Waals surface area contributed by atoms with Crippen molar-refractivity contribution in [1.82, 2.24) is 15.5 Å². The van der Waals surface area contributed by atoms with Gasteiger partial charge in [0.25, 0.3) is 5.91 Å². The Morgan fingerprint density at radius 3 is 2.75 bits per heavy atom. The van der Waals surface area contributed by atoms with Gasteiger partial charge in [0.2, 0.25) is 5.91 Å². The van der Waals surface area contributed by atoms with Crippen LogP contribution in [0.5, 0.6) is 0 Å². The van der Waals surface area contributed by atoms with Crippen LogP contribution < -0.4 is 10.6 Å². The third-order valence-corrected chi connectivity index (χ3v) is 8.24. The Balaban J connectivity index is 1.23. The first-order chi connectivity index (χ1) is 15.6. The van der Waals surface area contributed by atoms with Crippen LogP contribution in [0.4, 0.5) is 4.39 Å². The maximum Gasteiger partial charge on any atom is 0.257 e. The number of amides is 2. The lowest BCUT2D eigenvalue weighted by Gasteiger charge is -2.39. The summed E-state index contributed by atoms with van der Waals surface area (Å²) in [5, 5.41) is 6.43. The number of hydrogen-bond acceptors (Lipinski definition) is 4. The van der Waals surface area contributed by atoms with E-state index >= 15 is 0 Å². The Morgan fingerprint density at radius 1 is 1.19 bits per heavy atom. The van der Waals surface area contributed by atoms with E-state index < -0.39 is 0 Å². The summed E-state index contributed by atoms with van der Waals surface area (Å²) in [5.74, 6) is -0.427. The fourth-order valence-corrected chi connectivity index (χ4v) is 6.27. The fraction of sp³-hybridized carbons (Fsp3) is 0.600. The van der Waals surface area contributed by atoms with E-state index in [0.717, 1.165) is 32.4 Å². The van der Waals surface area contributed by atoms with Crippen molar-refractivity contribution in [3.63, 3.8) is 0 Å². The molecule has 4 rings (SSSR count). The predicted molar refractivity (Wildman–Crippen MR) is 128 cm³/mol. The molecule has 0 spiro atoms. The average molecular weight is 460 g/mol. The van der Waals surface area contributed by atoms with Gasteiger partial charge in [-0.05, 0) is 70.3 Å². The second-order valence-corrected chi connectivity index (χ2v) is 10.5. The summed E-state index contributed by atoms with van der Waals surface area (Å²) in [6.07, 6.45) is 10.3. The van der Waals surface area contributed by atoms with Gasteiger partial charge in [-0.15, -0.1) is 11.8 Å². The van der Waals surface area contributed by atoms with Gasteiger partial charge < -0.3 is 15.5 Å². The minimum atomic E-state index is -0.327. The third-order valence-electron chi connectivity index (χ3n) is 6.82. The van der Waals surface area contributed by atoms with Crippen LogP contribution in [-0.4, -0.2) is 54.2 Å². The van der Waals surface area contributed by atoms with Crippen molar-refractivity contribution in [2.75, 3.05) is 26.2 Å². The number of thioether (sulfide) groups is 1. The van der Waals surface area contributed by atoms with Crippen LogP contribution in [0.25, 0.3) is 6.08 Å². The number of carbonyl (C=O) groups excluding carboxylic acids is 2. The number of fused-ring (bicyclic) bond motifs is 1. The molecule has 2 N–H and O–H groups in total. The SMILES string of the molecule is O=C1NC2CC(C(=O)NCCCN3CCCCCC3)CCC2S/C1=C/c1ccccc1F. The first-order valence-corrected chi connectivity index (χ1v) is 12.9. The van der Waals surface area contributed by atoms with Crippen molar-refractivity contribution < 1.29 is 14.0 Å². The average Bonchev–Trinajstić information content (AvgIpc) is 3.07. The largest absolute Gasteiger partial charge is 0.356 e. The summed E-state index contributed by atoms with van der Waals surface area (Å²) in [6.45, 7) is 4.14. The van der Waals surface area contributed by atoms with Crippen LogP contribution in [0.3, 0.4) is 0 Å². The Labute approximate surface area is 194 Å². The molecule has 7 heteroatoms. The molecule has 2 heterocycles. The highest BCUT2D eigenvalue weighted by molar-refractivity contribution is 8.04. The molecule has 2 amide bonds. The van der Waals surface area contributed by atoms with E-state index in [-0.39, 0.29) is 34.8 Å². The molecule has 32 heavy (non-hydrogen) atoms. The zero-order chi connectivity index (χ0) is 22.3. The molecule has 3 atom stereocenters. The molecule has 0 aromatic heterocycles. The Morgan fingerprint density at radius 2 is 1.97 bits per heavy atom. The van der Waals surface area contributed by atoms with Crippen molar-refractivity contribution in [3.05, 3.63) is 40.6 Å². The van der Waals surface area contributed by atoms with Gasteiger partial charge in [0, 0.05) is 29.3 Å². The summed E-state index contributed by atoms with van der Waals surface area (Å²) in [5.41, 5.74) is 0.428. The van der Waals surface area contributed by atoms with Gasteiger partial charge in [-0.2, -0.15) is 0 Å². The molecule has 2 saturated heterocycles. The minimum absolute atomic E-state index is 0.00753. The van der Waals surface area contributed by atoms with Gasteiger partial charge in [-0.3, -0.25) is 9.59 Å². The molecule has 3 aliphatic rings. The van der Waals surface area contributed by atoms with Gasteiger partial charge in [0.1, 0.15) is 5.82 Å². The van der Waals surface area contributed by atoms with Crippen molar-refractivity contribution >= 4 is 29.7 Å². The summed E-state index contributed by atoms with van der Waals surface area (Å²) in [6, 6.07) is 6.48. The van der Waals surface area contributed by atoms with Crippen molar-refractivity contribution in [2.45, 2.75) is 62.7 Å². The fourth-order valence-electron chi connectivity index (χ4n) is 4.98. The smallest absolute Gasteiger partial charge is 0.257 e. The van der Waals surface area contributed by atoms with E-state index in [1.807, 2.05) is 0 Å². The van der Waals surface area contributed by atoms with E-state index in [1.54, 1.807) is 24.3 Å². The second-order valence-electron chi connectivity index (χ2n) is 9.18. The maximum absolute atomic E-state index is 14.0. The van der Waals surface area contributed by atoms with E-state index in [4.69, 9.17) is 0 Å². The zero-order valence-electron chi connectivity index (χ0n) is 18.7. The molecule has 2 aliphatic heterocycles. The summed E-state index contributed by atoms with van der Waals surface area (Å²) in [7, 11) is 0. The van der Waals surface area contributed by atoms with E-state index in [2.05, 4.69) is 15.5 Å². The number of hydrogen-bond donors (Lipinski definition) is 2. The van der Waals surface area contributed by atoms with Crippen LogP contribution in [0.1, 0.15) is 56.9 Å². The van der Waals surface area contributed by atoms with Gasteiger partial charge in [-0.1, -0.05) is 31.0 Å². The number of benzene rings is 1. The van der Waals surface area contributed by atoms with E-state index in [1.165, 1.54) is 56.6 Å². The number of nitrogens with one attached hydrogen (secondary N) is 2. The lowest BCUT2D eigenvalue weighted by molar-refractivity contribution is -0.127. The monoisotopic (exact) mass is 459 g/mol. The molecular formula is C25H34FN3O2S. The minimum Gasteiger partial charge on any atom is -0.356 e. The summed E-state index contributed by atoms with van der Waals surface area (Å²) in [4.78, 5) is 28.4. The van der Waals surface area contributed by atoms with Crippen LogP contribution in [0.2, 0.25) is 0 Å². The highest BCUT2D eigenvalue weighted by atomic mass is 32.2. The second kappa shape index (κ2) is 11.3. The molecule has 3 fully saturated rings. The quantitative estimate of drug-likeness (QED) is 0.500. The molecule has 1 saturated carbocycles. The van der Waals surface area contributed by atoms with Crippen molar-refractivity contribution in [3.8, 4) is 0 Å². The Kier molecular flexibility index (Phi) is 8.25. The molecule has 0 radical (unpaired) electrons. The van der Waals surface area contributed by atoms with E-state index in [9.17, 15) is 14.0 Å². The lowest BCUT2D eigenvalue weighted by atomic mass is 9.84. The molecule has 174 valence electrons. The molecule has 1 aliphatic carbocycles. The van der Waals surface area contributed by atoms with Gasteiger partial charge in [0.05, 0.1) is 4.91 Å². The lowest BCUT2D eigenvalue weighted by Crippen LogP contribution is -2.51. The highest BCUT2D eigenvalue weighted by Crippen LogP contribution is 2.40. The van der Waals surface area contributed by atoms with E-state index in [0.29, 0.717) is 16.9 Å². The van der Waals surface area contributed by atoms with Gasteiger partial charge in [0.15, 0.2) is 0 Å². The van der Waals surface area contributed by atoms with Crippen LogP contribution in [-0.2, 0) is 9.59 Å². The Hall–Kier alpha value is -1.86. The number of likely N-dealkylation sites (tertiary alicyclic amines) is 1. The topological polar surface area (TPSA) is 61.4 Å². The molecular weight excluding hydrogens is 425 g/mol. The zero-order valence-corrected chi connectivity index (χ0v) is 19.5.